The lowest BCUT2D eigenvalue weighted by atomic mass is 10.2. The molecule has 6 nitrogen and oxygen atoms in total. The first-order valence-corrected chi connectivity index (χ1v) is 6.12. The van der Waals surface area contributed by atoms with E-state index in [0.717, 1.165) is 7.11 Å². The van der Waals surface area contributed by atoms with E-state index in [1.54, 1.807) is 6.08 Å². The molecule has 0 fully saturated rings. The average molecular weight is 277 g/mol. The molecule has 0 aliphatic carbocycles. The van der Waals surface area contributed by atoms with Gasteiger partial charge >= 0.3 is 5.97 Å². The van der Waals surface area contributed by atoms with Crippen molar-refractivity contribution >= 4 is 24.5 Å². The Balaban J connectivity index is 4.12. The lowest BCUT2D eigenvalue weighted by Crippen LogP contribution is -2.44. The van der Waals surface area contributed by atoms with Gasteiger partial charge in [-0.05, 0) is 12.2 Å². The minimum atomic E-state index is -1.10. The minimum absolute atomic E-state index is 0.184. The highest BCUT2D eigenvalue weighted by Gasteiger charge is 2.21. The Labute approximate surface area is 111 Å². The van der Waals surface area contributed by atoms with Gasteiger partial charge in [0.05, 0.1) is 26.2 Å². The lowest BCUT2D eigenvalue weighted by molar-refractivity contribution is -0.146. The second-order valence-corrected chi connectivity index (χ2v) is 3.98. The highest BCUT2D eigenvalue weighted by atomic mass is 32.1. The number of esters is 1. The number of thiol groups is 1. The van der Waals surface area contributed by atoms with Gasteiger partial charge in [-0.3, -0.25) is 4.79 Å². The number of hydrogen-bond donors (Lipinski definition) is 4. The molecule has 104 valence electrons. The monoisotopic (exact) mass is 277 g/mol. The van der Waals surface area contributed by atoms with Crippen molar-refractivity contribution in [2.24, 2.45) is 0 Å². The quantitative estimate of drug-likeness (QED) is 0.266. The van der Waals surface area contributed by atoms with E-state index >= 15 is 0 Å². The van der Waals surface area contributed by atoms with Gasteiger partial charge in [0.15, 0.2) is 6.04 Å². The Morgan fingerprint density at radius 1 is 1.50 bits per heavy atom. The van der Waals surface area contributed by atoms with Crippen molar-refractivity contribution in [3.8, 4) is 0 Å². The summed E-state index contributed by atoms with van der Waals surface area (Å²) in [7, 11) is 1.16. The molecule has 0 heterocycles. The molecule has 0 aliphatic heterocycles. The van der Waals surface area contributed by atoms with Crippen LogP contribution in [-0.4, -0.2) is 53.7 Å². The SMILES string of the molecule is COC(=O)[C@@H](CO)NC(=O)CC(O)/C=C/CCS. The van der Waals surface area contributed by atoms with E-state index in [4.69, 9.17) is 5.11 Å². The van der Waals surface area contributed by atoms with Crippen molar-refractivity contribution < 1.29 is 24.5 Å². The smallest absolute Gasteiger partial charge is 0.330 e. The van der Waals surface area contributed by atoms with E-state index in [2.05, 4.69) is 22.7 Å². The zero-order chi connectivity index (χ0) is 14.0. The molecule has 0 aromatic heterocycles. The molecule has 0 bridgehead atoms. The van der Waals surface area contributed by atoms with Gasteiger partial charge in [0, 0.05) is 0 Å². The molecule has 0 saturated heterocycles. The second kappa shape index (κ2) is 9.93. The van der Waals surface area contributed by atoms with Crippen molar-refractivity contribution in [3.63, 3.8) is 0 Å². The molecular weight excluding hydrogens is 258 g/mol. The number of carbonyl (C=O) groups excluding carboxylic acids is 2. The van der Waals surface area contributed by atoms with Crippen molar-refractivity contribution in [2.45, 2.75) is 25.0 Å². The predicted octanol–water partition coefficient (Wildman–Crippen LogP) is -0.736. The van der Waals surface area contributed by atoms with Crippen LogP contribution in [0, 0.1) is 0 Å². The van der Waals surface area contributed by atoms with E-state index in [9.17, 15) is 14.7 Å². The molecule has 0 aromatic rings. The molecule has 0 saturated carbocycles. The van der Waals surface area contributed by atoms with Crippen molar-refractivity contribution in [1.82, 2.24) is 5.32 Å². The number of hydrogen-bond acceptors (Lipinski definition) is 6. The summed E-state index contributed by atoms with van der Waals surface area (Å²) in [6.45, 7) is -0.552. The van der Waals surface area contributed by atoms with Crippen LogP contribution in [-0.2, 0) is 14.3 Å². The zero-order valence-corrected chi connectivity index (χ0v) is 11.1. The first-order chi connectivity index (χ1) is 8.54. The fraction of sp³-hybridized carbons (Fsp3) is 0.636. The molecule has 0 spiro atoms. The highest BCUT2D eigenvalue weighted by molar-refractivity contribution is 7.80. The molecule has 3 N–H and O–H groups in total. The number of carbonyl (C=O) groups is 2. The normalized spacial score (nSPS) is 14.2. The molecule has 0 aliphatic rings. The summed E-state index contributed by atoms with van der Waals surface area (Å²) in [5, 5.41) is 20.6. The Kier molecular flexibility index (Phi) is 9.35. The summed E-state index contributed by atoms with van der Waals surface area (Å²) in [6, 6.07) is -1.10. The highest BCUT2D eigenvalue weighted by Crippen LogP contribution is 1.97. The van der Waals surface area contributed by atoms with Gasteiger partial charge in [-0.25, -0.2) is 4.79 Å². The number of methoxy groups -OCH3 is 1. The standard InChI is InChI=1S/C11H19NO5S/c1-17-11(16)9(7-13)12-10(15)6-8(14)4-2-3-5-18/h2,4,8-9,13-14,18H,3,5-7H2,1H3,(H,12,15)/b4-2+/t8?,9-/m1/s1. The number of amides is 1. The third-order valence-electron chi connectivity index (χ3n) is 2.05. The Bertz CT molecular complexity index is 295. The molecule has 2 atom stereocenters. The third-order valence-corrected chi connectivity index (χ3v) is 2.31. The van der Waals surface area contributed by atoms with E-state index in [1.165, 1.54) is 6.08 Å². The van der Waals surface area contributed by atoms with Crippen molar-refractivity contribution in [2.75, 3.05) is 19.5 Å². The fourth-order valence-corrected chi connectivity index (χ4v) is 1.31. The number of ether oxygens (including phenoxy) is 1. The summed E-state index contributed by atoms with van der Waals surface area (Å²) in [5.74, 6) is -0.613. The lowest BCUT2D eigenvalue weighted by Gasteiger charge is -2.14. The van der Waals surface area contributed by atoms with E-state index < -0.39 is 30.6 Å². The third kappa shape index (κ3) is 7.31. The maximum Gasteiger partial charge on any atom is 0.330 e. The first-order valence-electron chi connectivity index (χ1n) is 5.48. The Hall–Kier alpha value is -1.05. The molecule has 7 heteroatoms. The van der Waals surface area contributed by atoms with Gasteiger partial charge < -0.3 is 20.3 Å². The van der Waals surface area contributed by atoms with Crippen molar-refractivity contribution in [3.05, 3.63) is 12.2 Å². The fourth-order valence-electron chi connectivity index (χ4n) is 1.16. The summed E-state index contributed by atoms with van der Waals surface area (Å²) >= 11 is 3.99. The molecule has 0 aromatic carbocycles. The van der Waals surface area contributed by atoms with Crippen LogP contribution in [0.2, 0.25) is 0 Å². The molecule has 0 radical (unpaired) electrons. The van der Waals surface area contributed by atoms with E-state index in [0.29, 0.717) is 12.2 Å². The Morgan fingerprint density at radius 2 is 2.17 bits per heavy atom. The maximum absolute atomic E-state index is 11.4. The van der Waals surface area contributed by atoms with Gasteiger partial charge in [0.25, 0.3) is 0 Å². The number of aliphatic hydroxyl groups is 2. The number of aliphatic hydroxyl groups excluding tert-OH is 2. The van der Waals surface area contributed by atoms with Crippen LogP contribution < -0.4 is 5.32 Å². The van der Waals surface area contributed by atoms with Crippen LogP contribution in [0.15, 0.2) is 12.2 Å². The van der Waals surface area contributed by atoms with Crippen molar-refractivity contribution in [1.29, 1.82) is 0 Å². The Morgan fingerprint density at radius 3 is 2.67 bits per heavy atom. The van der Waals surface area contributed by atoms with Gasteiger partial charge in [0.2, 0.25) is 5.91 Å². The minimum Gasteiger partial charge on any atom is -0.467 e. The van der Waals surface area contributed by atoms with Gasteiger partial charge in [-0.2, -0.15) is 12.6 Å². The van der Waals surface area contributed by atoms with E-state index in [-0.39, 0.29) is 6.42 Å². The molecular formula is C11H19NO5S. The van der Waals surface area contributed by atoms with Gasteiger partial charge in [0.1, 0.15) is 0 Å². The largest absolute Gasteiger partial charge is 0.467 e. The average Bonchev–Trinajstić information content (AvgIpc) is 2.35. The van der Waals surface area contributed by atoms with Crippen LogP contribution in [0.1, 0.15) is 12.8 Å². The number of allylic oxidation sites excluding steroid dienone is 1. The summed E-state index contributed by atoms with van der Waals surface area (Å²) < 4.78 is 4.39. The van der Waals surface area contributed by atoms with E-state index in [1.807, 2.05) is 0 Å². The van der Waals surface area contributed by atoms with Crippen LogP contribution in [0.5, 0.6) is 0 Å². The topological polar surface area (TPSA) is 95.9 Å². The first kappa shape index (κ1) is 16.9. The van der Waals surface area contributed by atoms with Crippen LogP contribution in [0.4, 0.5) is 0 Å². The number of rotatable bonds is 8. The molecule has 1 unspecified atom stereocenters. The summed E-state index contributed by atoms with van der Waals surface area (Å²) in [4.78, 5) is 22.5. The van der Waals surface area contributed by atoms with Gasteiger partial charge in [-0.15, -0.1) is 0 Å². The summed E-state index contributed by atoms with van der Waals surface area (Å²) in [6.07, 6.45) is 2.79. The molecule has 0 rings (SSSR count). The van der Waals surface area contributed by atoms with Crippen LogP contribution in [0.3, 0.4) is 0 Å². The van der Waals surface area contributed by atoms with Crippen LogP contribution >= 0.6 is 12.6 Å². The second-order valence-electron chi connectivity index (χ2n) is 3.54. The molecule has 1 amide bonds. The van der Waals surface area contributed by atoms with Crippen LogP contribution in [0.25, 0.3) is 0 Å². The number of nitrogens with one attached hydrogen (secondary N) is 1. The molecule has 18 heavy (non-hydrogen) atoms. The predicted molar refractivity (Wildman–Crippen MR) is 69.3 cm³/mol. The summed E-state index contributed by atoms with van der Waals surface area (Å²) in [5.41, 5.74) is 0. The maximum atomic E-state index is 11.4. The van der Waals surface area contributed by atoms with Gasteiger partial charge in [-0.1, -0.05) is 12.2 Å². The zero-order valence-electron chi connectivity index (χ0n) is 10.2.